The van der Waals surface area contributed by atoms with Crippen LogP contribution in [0.2, 0.25) is 0 Å². The maximum atomic E-state index is 11.9. The van der Waals surface area contributed by atoms with E-state index < -0.39 is 0 Å². The van der Waals surface area contributed by atoms with Crippen molar-refractivity contribution in [2.45, 2.75) is 20.3 Å². The van der Waals surface area contributed by atoms with Gasteiger partial charge in [0.15, 0.2) is 5.96 Å². The van der Waals surface area contributed by atoms with Crippen molar-refractivity contribution < 1.29 is 4.79 Å². The normalized spacial score (nSPS) is 11.4. The molecule has 0 atom stereocenters. The molecule has 0 spiro atoms. The van der Waals surface area contributed by atoms with Crippen LogP contribution in [0.1, 0.15) is 30.6 Å². The fourth-order valence-electron chi connectivity index (χ4n) is 1.72. The van der Waals surface area contributed by atoms with E-state index in [4.69, 9.17) is 0 Å². The van der Waals surface area contributed by atoms with Crippen molar-refractivity contribution in [1.29, 1.82) is 0 Å². The number of nitrogens with one attached hydrogen (secondary N) is 3. The van der Waals surface area contributed by atoms with Gasteiger partial charge in [0.1, 0.15) is 0 Å². The molecular formula is C16H25BrN4O. The first kappa shape index (κ1) is 18.5. The number of carbonyl (C=O) groups is 1. The van der Waals surface area contributed by atoms with Gasteiger partial charge in [-0.1, -0.05) is 29.8 Å². The number of benzene rings is 1. The summed E-state index contributed by atoms with van der Waals surface area (Å²) < 4.78 is 0.966. The molecule has 0 saturated carbocycles. The number of nitrogens with zero attached hydrogens (tertiary/aromatic N) is 1. The van der Waals surface area contributed by atoms with Crippen LogP contribution >= 0.6 is 15.9 Å². The van der Waals surface area contributed by atoms with Gasteiger partial charge < -0.3 is 16.0 Å². The summed E-state index contributed by atoms with van der Waals surface area (Å²) in [6, 6.07) is 7.33. The summed E-state index contributed by atoms with van der Waals surface area (Å²) in [5, 5.41) is 9.38. The zero-order valence-corrected chi connectivity index (χ0v) is 15.0. The van der Waals surface area contributed by atoms with E-state index in [1.165, 1.54) is 0 Å². The highest BCUT2D eigenvalue weighted by Gasteiger charge is 2.04. The van der Waals surface area contributed by atoms with Gasteiger partial charge in [0.25, 0.3) is 5.91 Å². The lowest BCUT2D eigenvalue weighted by molar-refractivity contribution is 0.0953. The van der Waals surface area contributed by atoms with Crippen molar-refractivity contribution in [2.24, 2.45) is 10.9 Å². The first-order valence-corrected chi connectivity index (χ1v) is 8.30. The largest absolute Gasteiger partial charge is 0.356 e. The molecule has 0 radical (unpaired) electrons. The van der Waals surface area contributed by atoms with Gasteiger partial charge in [0.05, 0.1) is 0 Å². The second kappa shape index (κ2) is 10.2. The number of carbonyl (C=O) groups excluding carboxylic acids is 1. The number of rotatable bonds is 7. The topological polar surface area (TPSA) is 65.5 Å². The van der Waals surface area contributed by atoms with Crippen LogP contribution in [0.25, 0.3) is 0 Å². The zero-order chi connectivity index (χ0) is 16.4. The van der Waals surface area contributed by atoms with Gasteiger partial charge in [-0.05, 0) is 36.6 Å². The molecule has 0 bridgehead atoms. The molecule has 22 heavy (non-hydrogen) atoms. The SMILES string of the molecule is CN=C(NCCCNC(=O)c1ccc(Br)cc1)NCC(C)C. The number of halogens is 1. The Morgan fingerprint density at radius 2 is 1.77 bits per heavy atom. The summed E-state index contributed by atoms with van der Waals surface area (Å²) in [7, 11) is 1.75. The minimum Gasteiger partial charge on any atom is -0.356 e. The summed E-state index contributed by atoms with van der Waals surface area (Å²) in [5.74, 6) is 1.33. The maximum absolute atomic E-state index is 11.9. The molecule has 0 aliphatic carbocycles. The first-order chi connectivity index (χ1) is 10.5. The number of aliphatic imine (C=N–C) groups is 1. The monoisotopic (exact) mass is 368 g/mol. The van der Waals surface area contributed by atoms with Crippen LogP contribution in [-0.4, -0.2) is 38.5 Å². The number of amides is 1. The first-order valence-electron chi connectivity index (χ1n) is 7.51. The van der Waals surface area contributed by atoms with Crippen LogP contribution in [0.3, 0.4) is 0 Å². The second-order valence-electron chi connectivity index (χ2n) is 5.39. The average molecular weight is 369 g/mol. The van der Waals surface area contributed by atoms with Gasteiger partial charge in [-0.25, -0.2) is 0 Å². The Labute approximate surface area is 141 Å². The van der Waals surface area contributed by atoms with Crippen molar-refractivity contribution in [3.8, 4) is 0 Å². The highest BCUT2D eigenvalue weighted by molar-refractivity contribution is 9.10. The highest BCUT2D eigenvalue weighted by Crippen LogP contribution is 2.10. The summed E-state index contributed by atoms with van der Waals surface area (Å²) in [4.78, 5) is 16.1. The van der Waals surface area contributed by atoms with Gasteiger partial charge in [0.2, 0.25) is 0 Å². The molecule has 1 rings (SSSR count). The van der Waals surface area contributed by atoms with Crippen molar-refractivity contribution >= 4 is 27.8 Å². The van der Waals surface area contributed by atoms with E-state index in [0.29, 0.717) is 18.0 Å². The van der Waals surface area contributed by atoms with E-state index in [9.17, 15) is 4.79 Å². The van der Waals surface area contributed by atoms with Crippen molar-refractivity contribution in [2.75, 3.05) is 26.7 Å². The molecule has 0 aromatic heterocycles. The predicted molar refractivity (Wildman–Crippen MR) is 95.3 cm³/mol. The minimum atomic E-state index is -0.0465. The molecule has 3 N–H and O–H groups in total. The van der Waals surface area contributed by atoms with Gasteiger partial charge in [-0.15, -0.1) is 0 Å². The Morgan fingerprint density at radius 1 is 1.14 bits per heavy atom. The fourth-order valence-corrected chi connectivity index (χ4v) is 1.99. The maximum Gasteiger partial charge on any atom is 0.251 e. The Hall–Kier alpha value is -1.56. The van der Waals surface area contributed by atoms with Crippen LogP contribution in [0.4, 0.5) is 0 Å². The average Bonchev–Trinajstić information content (AvgIpc) is 2.50. The van der Waals surface area contributed by atoms with Gasteiger partial charge in [0, 0.05) is 36.7 Å². The van der Waals surface area contributed by atoms with Gasteiger partial charge >= 0.3 is 0 Å². The van der Waals surface area contributed by atoms with Crippen LogP contribution in [0.15, 0.2) is 33.7 Å². The molecule has 0 heterocycles. The molecule has 5 nitrogen and oxygen atoms in total. The van der Waals surface area contributed by atoms with Crippen LogP contribution in [0.5, 0.6) is 0 Å². The standard InChI is InChI=1S/C16H25BrN4O/c1-12(2)11-21-16(18-3)20-10-4-9-19-15(22)13-5-7-14(17)8-6-13/h5-8,12H,4,9-11H2,1-3H3,(H,19,22)(H2,18,20,21). The highest BCUT2D eigenvalue weighted by atomic mass is 79.9. The Kier molecular flexibility index (Phi) is 8.58. The number of guanidine groups is 1. The van der Waals surface area contributed by atoms with E-state index in [2.05, 4.69) is 50.7 Å². The molecule has 0 saturated heterocycles. The molecule has 122 valence electrons. The minimum absolute atomic E-state index is 0.0465. The molecule has 0 unspecified atom stereocenters. The molecule has 0 aliphatic heterocycles. The van der Waals surface area contributed by atoms with E-state index in [0.717, 1.165) is 29.9 Å². The summed E-state index contributed by atoms with van der Waals surface area (Å²) >= 11 is 3.35. The second-order valence-corrected chi connectivity index (χ2v) is 6.31. The van der Waals surface area contributed by atoms with Crippen LogP contribution in [0, 0.1) is 5.92 Å². The number of hydrogen-bond donors (Lipinski definition) is 3. The van der Waals surface area contributed by atoms with E-state index in [-0.39, 0.29) is 5.91 Å². The van der Waals surface area contributed by atoms with Gasteiger partial charge in [-0.2, -0.15) is 0 Å². The van der Waals surface area contributed by atoms with E-state index in [1.54, 1.807) is 19.2 Å². The van der Waals surface area contributed by atoms with Crippen molar-refractivity contribution in [1.82, 2.24) is 16.0 Å². The quantitative estimate of drug-likeness (QED) is 0.393. The third kappa shape index (κ3) is 7.45. The lowest BCUT2D eigenvalue weighted by Crippen LogP contribution is -2.40. The molecule has 1 aromatic carbocycles. The van der Waals surface area contributed by atoms with Gasteiger partial charge in [-0.3, -0.25) is 9.79 Å². The summed E-state index contributed by atoms with van der Waals surface area (Å²) in [6.07, 6.45) is 0.838. The van der Waals surface area contributed by atoms with Crippen molar-refractivity contribution in [3.63, 3.8) is 0 Å². The van der Waals surface area contributed by atoms with Crippen LogP contribution < -0.4 is 16.0 Å². The van der Waals surface area contributed by atoms with E-state index in [1.807, 2.05) is 12.1 Å². The molecule has 0 aliphatic rings. The third-order valence-electron chi connectivity index (χ3n) is 2.94. The fraction of sp³-hybridized carbons (Fsp3) is 0.500. The smallest absolute Gasteiger partial charge is 0.251 e. The van der Waals surface area contributed by atoms with E-state index >= 15 is 0 Å². The van der Waals surface area contributed by atoms with Crippen LogP contribution in [-0.2, 0) is 0 Å². The Balaban J connectivity index is 2.19. The predicted octanol–water partition coefficient (Wildman–Crippen LogP) is 2.39. The third-order valence-corrected chi connectivity index (χ3v) is 3.47. The lowest BCUT2D eigenvalue weighted by atomic mass is 10.2. The number of hydrogen-bond acceptors (Lipinski definition) is 2. The molecule has 6 heteroatoms. The molecular weight excluding hydrogens is 344 g/mol. The molecule has 1 amide bonds. The lowest BCUT2D eigenvalue weighted by Gasteiger charge is -2.13. The Morgan fingerprint density at radius 3 is 2.36 bits per heavy atom. The Bertz CT molecular complexity index is 485. The molecule has 1 aromatic rings. The summed E-state index contributed by atoms with van der Waals surface area (Å²) in [6.45, 7) is 6.58. The summed E-state index contributed by atoms with van der Waals surface area (Å²) in [5.41, 5.74) is 0.672. The zero-order valence-electron chi connectivity index (χ0n) is 13.4. The van der Waals surface area contributed by atoms with Crippen molar-refractivity contribution in [3.05, 3.63) is 34.3 Å². The molecule has 0 fully saturated rings.